The molecule has 0 N–H and O–H groups in total. The molecule has 0 atom stereocenters. The van der Waals surface area contributed by atoms with Crippen LogP contribution in [0.25, 0.3) is 0 Å². The highest BCUT2D eigenvalue weighted by Crippen LogP contribution is 2.17. The predicted molar refractivity (Wildman–Crippen MR) is 36.8 cm³/mol. The number of benzene rings is 1. The quantitative estimate of drug-likeness (QED) is 0.601. The first-order chi connectivity index (χ1) is 5.24. The van der Waals surface area contributed by atoms with Crippen molar-refractivity contribution < 1.29 is 13.6 Å². The number of aldehydes is 1. The van der Waals surface area contributed by atoms with Crippen molar-refractivity contribution in [2.24, 2.45) is 0 Å². The first-order valence-corrected chi connectivity index (χ1v) is 3.07. The minimum Gasteiger partial charge on any atom is -0.298 e. The summed E-state index contributed by atoms with van der Waals surface area (Å²) in [6.07, 6.45) is -1.84. The van der Waals surface area contributed by atoms with Crippen molar-refractivity contribution in [1.29, 1.82) is 0 Å². The zero-order chi connectivity index (χ0) is 8.27. The average molecular weight is 156 g/mol. The minimum atomic E-state index is -2.46. The van der Waals surface area contributed by atoms with E-state index in [9.17, 15) is 13.6 Å². The first kappa shape index (κ1) is 7.85. The fourth-order valence-electron chi connectivity index (χ4n) is 0.720. The highest BCUT2D eigenvalue weighted by atomic mass is 19.3. The lowest BCUT2D eigenvalue weighted by Gasteiger charge is -1.97. The zero-order valence-corrected chi connectivity index (χ0v) is 5.63. The predicted octanol–water partition coefficient (Wildman–Crippen LogP) is 2.44. The summed E-state index contributed by atoms with van der Waals surface area (Å²) in [7, 11) is 0. The summed E-state index contributed by atoms with van der Waals surface area (Å²) in [4.78, 5) is 10.1. The van der Waals surface area contributed by atoms with Crippen LogP contribution in [0.3, 0.4) is 0 Å². The molecule has 0 heterocycles. The Morgan fingerprint density at radius 2 is 1.73 bits per heavy atom. The number of carbonyl (C=O) groups excluding carboxylic acids is 1. The molecule has 1 aromatic rings. The Morgan fingerprint density at radius 1 is 1.18 bits per heavy atom. The molecule has 0 saturated heterocycles. The van der Waals surface area contributed by atoms with Crippen LogP contribution < -0.4 is 0 Å². The van der Waals surface area contributed by atoms with E-state index in [-0.39, 0.29) is 5.56 Å². The van der Waals surface area contributed by atoms with Crippen LogP contribution in [0.4, 0.5) is 8.78 Å². The number of hydrogen-bond acceptors (Lipinski definition) is 1. The number of carbonyl (C=O) groups is 1. The molecule has 0 fully saturated rings. The van der Waals surface area contributed by atoms with E-state index in [0.717, 1.165) is 0 Å². The van der Waals surface area contributed by atoms with Crippen LogP contribution >= 0.6 is 0 Å². The van der Waals surface area contributed by atoms with Gasteiger partial charge in [-0.15, -0.1) is 0 Å². The first-order valence-electron chi connectivity index (χ1n) is 3.07. The van der Waals surface area contributed by atoms with Gasteiger partial charge in [-0.25, -0.2) is 8.78 Å². The van der Waals surface area contributed by atoms with Crippen LogP contribution in [0.2, 0.25) is 0 Å². The topological polar surface area (TPSA) is 17.1 Å². The third kappa shape index (κ3) is 1.83. The lowest BCUT2D eigenvalue weighted by Crippen LogP contribution is -1.84. The molecule has 0 spiro atoms. The molecular formula is C8H6F2O. The number of halogens is 2. The van der Waals surface area contributed by atoms with E-state index >= 15 is 0 Å². The van der Waals surface area contributed by atoms with Crippen molar-refractivity contribution in [1.82, 2.24) is 0 Å². The molecule has 11 heavy (non-hydrogen) atoms. The molecule has 0 unspecified atom stereocenters. The monoisotopic (exact) mass is 156 g/mol. The SMILES string of the molecule is O=Cc1ccc(C(F)F)cc1. The van der Waals surface area contributed by atoms with Crippen LogP contribution in [0.5, 0.6) is 0 Å². The van der Waals surface area contributed by atoms with E-state index in [1.165, 1.54) is 24.3 Å². The summed E-state index contributed by atoms with van der Waals surface area (Å²) in [5, 5.41) is 0. The molecule has 0 aliphatic rings. The molecule has 1 nitrogen and oxygen atoms in total. The van der Waals surface area contributed by atoms with E-state index in [2.05, 4.69) is 0 Å². The van der Waals surface area contributed by atoms with Gasteiger partial charge in [0.2, 0.25) is 0 Å². The van der Waals surface area contributed by atoms with Crippen LogP contribution in [-0.2, 0) is 0 Å². The largest absolute Gasteiger partial charge is 0.298 e. The molecule has 0 saturated carbocycles. The van der Waals surface area contributed by atoms with E-state index in [1.54, 1.807) is 0 Å². The molecule has 0 bridgehead atoms. The van der Waals surface area contributed by atoms with Gasteiger partial charge in [-0.3, -0.25) is 4.79 Å². The van der Waals surface area contributed by atoms with E-state index in [1.807, 2.05) is 0 Å². The maximum absolute atomic E-state index is 11.9. The molecule has 0 radical (unpaired) electrons. The van der Waals surface area contributed by atoms with E-state index in [0.29, 0.717) is 11.8 Å². The van der Waals surface area contributed by atoms with Gasteiger partial charge >= 0.3 is 0 Å². The highest BCUT2D eigenvalue weighted by Gasteiger charge is 2.04. The molecule has 0 aromatic heterocycles. The maximum Gasteiger partial charge on any atom is 0.263 e. The number of alkyl halides is 2. The minimum absolute atomic E-state index is 0.0596. The number of rotatable bonds is 2. The van der Waals surface area contributed by atoms with Crippen molar-refractivity contribution in [2.75, 3.05) is 0 Å². The highest BCUT2D eigenvalue weighted by molar-refractivity contribution is 5.74. The van der Waals surface area contributed by atoms with Crippen LogP contribution in [0.15, 0.2) is 24.3 Å². The van der Waals surface area contributed by atoms with Gasteiger partial charge < -0.3 is 0 Å². The average Bonchev–Trinajstić information content (AvgIpc) is 2.05. The van der Waals surface area contributed by atoms with Gasteiger partial charge in [0.25, 0.3) is 6.43 Å². The number of hydrogen-bond donors (Lipinski definition) is 0. The van der Waals surface area contributed by atoms with Crippen molar-refractivity contribution in [2.45, 2.75) is 6.43 Å². The van der Waals surface area contributed by atoms with Gasteiger partial charge in [0, 0.05) is 11.1 Å². The Labute approximate surface area is 62.7 Å². The Kier molecular flexibility index (Phi) is 2.31. The lowest BCUT2D eigenvalue weighted by molar-refractivity contribution is 0.112. The van der Waals surface area contributed by atoms with Crippen LogP contribution in [0, 0.1) is 0 Å². The molecule has 1 rings (SSSR count). The fraction of sp³-hybridized carbons (Fsp3) is 0.125. The van der Waals surface area contributed by atoms with Crippen LogP contribution in [0.1, 0.15) is 22.3 Å². The summed E-state index contributed by atoms with van der Waals surface area (Å²) in [5.41, 5.74) is 0.352. The zero-order valence-electron chi connectivity index (χ0n) is 5.63. The van der Waals surface area contributed by atoms with Crippen LogP contribution in [-0.4, -0.2) is 6.29 Å². The van der Waals surface area contributed by atoms with Gasteiger partial charge in [-0.2, -0.15) is 0 Å². The Morgan fingerprint density at radius 3 is 2.09 bits per heavy atom. The summed E-state index contributed by atoms with van der Waals surface area (Å²) < 4.78 is 23.8. The second-order valence-electron chi connectivity index (χ2n) is 2.09. The van der Waals surface area contributed by atoms with Crippen molar-refractivity contribution in [3.8, 4) is 0 Å². The van der Waals surface area contributed by atoms with Gasteiger partial charge in [-0.05, 0) is 0 Å². The summed E-state index contributed by atoms with van der Waals surface area (Å²) in [6, 6.07) is 5.23. The normalized spacial score (nSPS) is 10.1. The van der Waals surface area contributed by atoms with E-state index in [4.69, 9.17) is 0 Å². The van der Waals surface area contributed by atoms with Crippen molar-refractivity contribution >= 4 is 6.29 Å². The van der Waals surface area contributed by atoms with Crippen molar-refractivity contribution in [3.63, 3.8) is 0 Å². The molecule has 0 aliphatic heterocycles. The third-order valence-corrected chi connectivity index (χ3v) is 1.32. The van der Waals surface area contributed by atoms with Gasteiger partial charge in [0.15, 0.2) is 0 Å². The second-order valence-corrected chi connectivity index (χ2v) is 2.09. The summed E-state index contributed by atoms with van der Waals surface area (Å²) >= 11 is 0. The molecular weight excluding hydrogens is 150 g/mol. The Hall–Kier alpha value is -1.25. The molecule has 1 aromatic carbocycles. The summed E-state index contributed by atoms with van der Waals surface area (Å²) in [6.45, 7) is 0. The van der Waals surface area contributed by atoms with Gasteiger partial charge in [-0.1, -0.05) is 24.3 Å². The smallest absolute Gasteiger partial charge is 0.263 e. The van der Waals surface area contributed by atoms with Crippen molar-refractivity contribution in [3.05, 3.63) is 35.4 Å². The third-order valence-electron chi connectivity index (χ3n) is 1.32. The molecule has 0 aliphatic carbocycles. The Bertz CT molecular complexity index is 241. The second kappa shape index (κ2) is 3.23. The van der Waals surface area contributed by atoms with E-state index < -0.39 is 6.43 Å². The van der Waals surface area contributed by atoms with Gasteiger partial charge in [0.1, 0.15) is 6.29 Å². The Balaban J connectivity index is 2.91. The maximum atomic E-state index is 11.9. The van der Waals surface area contributed by atoms with Gasteiger partial charge in [0.05, 0.1) is 0 Å². The molecule has 3 heteroatoms. The standard InChI is InChI=1S/C8H6F2O/c9-8(10)7-3-1-6(5-11)2-4-7/h1-5,8H. The lowest BCUT2D eigenvalue weighted by atomic mass is 10.1. The molecule has 58 valence electrons. The molecule has 0 amide bonds. The fourth-order valence-corrected chi connectivity index (χ4v) is 0.720. The summed E-state index contributed by atoms with van der Waals surface area (Å²) in [5.74, 6) is 0.